The van der Waals surface area contributed by atoms with Crippen LogP contribution >= 0.6 is 0 Å². The number of hydrogen-bond donors (Lipinski definition) is 4. The fourth-order valence-electron chi connectivity index (χ4n) is 3.57. The third kappa shape index (κ3) is 5.70. The van der Waals surface area contributed by atoms with E-state index < -0.39 is 40.2 Å². The number of H-pyrrole nitrogens is 1. The number of pyridine rings is 1. The van der Waals surface area contributed by atoms with Crippen molar-refractivity contribution < 1.29 is 27.5 Å². The number of carbonyl (C=O) groups excluding carboxylic acids is 1. The summed E-state index contributed by atoms with van der Waals surface area (Å²) in [4.78, 5) is 21.8. The Morgan fingerprint density at radius 2 is 1.82 bits per heavy atom. The summed E-state index contributed by atoms with van der Waals surface area (Å²) in [5, 5.41) is 18.7. The third-order valence-electron chi connectivity index (χ3n) is 5.53. The Hall–Kier alpha value is -4.58. The number of nitrogens with one attached hydrogen (secondary N) is 2. The molecule has 0 aliphatic rings. The predicted molar refractivity (Wildman–Crippen MR) is 133 cm³/mol. The molecule has 0 aliphatic carbocycles. The van der Waals surface area contributed by atoms with Crippen molar-refractivity contribution >= 4 is 23.1 Å². The number of benzene rings is 2. The van der Waals surface area contributed by atoms with Gasteiger partial charge in [0.05, 0.1) is 33.8 Å². The maximum absolute atomic E-state index is 14.9. The maximum Gasteiger partial charge on any atom is 0.417 e. The van der Waals surface area contributed by atoms with Crippen molar-refractivity contribution in [2.45, 2.75) is 25.6 Å². The van der Waals surface area contributed by atoms with Crippen LogP contribution in [0.15, 0.2) is 72.0 Å². The summed E-state index contributed by atoms with van der Waals surface area (Å²) >= 11 is 0. The smallest absolute Gasteiger partial charge is 0.397 e. The van der Waals surface area contributed by atoms with Crippen LogP contribution in [0.3, 0.4) is 0 Å². The van der Waals surface area contributed by atoms with Crippen LogP contribution in [0.5, 0.6) is 0 Å². The third-order valence-corrected chi connectivity index (χ3v) is 5.53. The van der Waals surface area contributed by atoms with E-state index in [9.17, 15) is 27.5 Å². The first kappa shape index (κ1) is 26.5. The van der Waals surface area contributed by atoms with Gasteiger partial charge in [0.2, 0.25) is 0 Å². The number of anilines is 1. The zero-order valence-corrected chi connectivity index (χ0v) is 20.1. The summed E-state index contributed by atoms with van der Waals surface area (Å²) in [6.07, 6.45) is -2.32. The molecule has 0 atom stereocenters. The summed E-state index contributed by atoms with van der Waals surface area (Å²) in [6, 6.07) is 12.1. The van der Waals surface area contributed by atoms with Crippen LogP contribution in [-0.4, -0.2) is 32.0 Å². The molecule has 0 spiro atoms. The number of aliphatic hydroxyl groups is 1. The van der Waals surface area contributed by atoms with Gasteiger partial charge in [-0.1, -0.05) is 18.2 Å². The number of para-hydroxylation sites is 1. The number of aromatic amines is 1. The molecule has 8 nitrogen and oxygen atoms in total. The molecule has 4 aromatic rings. The number of halogens is 4. The lowest BCUT2D eigenvalue weighted by atomic mass is 9.99. The highest BCUT2D eigenvalue weighted by atomic mass is 19.4. The lowest BCUT2D eigenvalue weighted by molar-refractivity contribution is -0.137. The van der Waals surface area contributed by atoms with E-state index >= 15 is 0 Å². The Labute approximate surface area is 214 Å². The molecule has 0 saturated heterocycles. The lowest BCUT2D eigenvalue weighted by Crippen LogP contribution is -2.33. The van der Waals surface area contributed by atoms with E-state index in [-0.39, 0.29) is 29.0 Å². The second-order valence-corrected chi connectivity index (χ2v) is 8.82. The molecule has 2 aromatic heterocycles. The lowest BCUT2D eigenvalue weighted by Gasteiger charge is -2.19. The minimum Gasteiger partial charge on any atom is -0.397 e. The Balaban J connectivity index is 1.80. The number of rotatable bonds is 5. The molecular formula is C26H22F4N6O2. The predicted octanol–water partition coefficient (Wildman–Crippen LogP) is 4.95. The summed E-state index contributed by atoms with van der Waals surface area (Å²) in [6.45, 7) is 3.07. The monoisotopic (exact) mass is 526 g/mol. The van der Waals surface area contributed by atoms with Crippen LogP contribution in [-0.2, 0) is 11.8 Å². The zero-order valence-electron chi connectivity index (χ0n) is 20.1. The molecular weight excluding hydrogens is 504 g/mol. The average Bonchev–Trinajstić information content (AvgIpc) is 3.38. The molecule has 2 aromatic carbocycles. The summed E-state index contributed by atoms with van der Waals surface area (Å²) < 4.78 is 55.8. The van der Waals surface area contributed by atoms with Gasteiger partial charge >= 0.3 is 6.18 Å². The van der Waals surface area contributed by atoms with Crippen LogP contribution in [0.4, 0.5) is 28.9 Å². The SMILES string of the molecule is CC(C)(O)c1cnc(C(=Nc2ccccc2)NC(=O)c2cc(-c3ccn[nH]3)c(C(F)(F)F)cc2F)c(N)c1. The molecule has 2 heterocycles. The average molecular weight is 526 g/mol. The molecule has 38 heavy (non-hydrogen) atoms. The van der Waals surface area contributed by atoms with E-state index in [4.69, 9.17) is 5.73 Å². The van der Waals surface area contributed by atoms with E-state index in [1.807, 2.05) is 0 Å². The fourth-order valence-corrected chi connectivity index (χ4v) is 3.57. The van der Waals surface area contributed by atoms with Gasteiger partial charge in [0.25, 0.3) is 5.91 Å². The van der Waals surface area contributed by atoms with E-state index in [0.29, 0.717) is 11.3 Å². The first-order valence-electron chi connectivity index (χ1n) is 11.2. The summed E-state index contributed by atoms with van der Waals surface area (Å²) in [5.74, 6) is -2.65. The van der Waals surface area contributed by atoms with Gasteiger partial charge in [-0.25, -0.2) is 9.38 Å². The van der Waals surface area contributed by atoms with Crippen LogP contribution in [0.25, 0.3) is 11.3 Å². The van der Waals surface area contributed by atoms with Crippen molar-refractivity contribution in [1.82, 2.24) is 20.5 Å². The highest BCUT2D eigenvalue weighted by Crippen LogP contribution is 2.38. The van der Waals surface area contributed by atoms with Gasteiger partial charge in [0.1, 0.15) is 11.5 Å². The van der Waals surface area contributed by atoms with Crippen LogP contribution in [0.1, 0.15) is 41.0 Å². The summed E-state index contributed by atoms with van der Waals surface area (Å²) in [7, 11) is 0. The number of aliphatic imine (C=N–C) groups is 1. The Bertz CT molecular complexity index is 1490. The number of carbonyl (C=O) groups is 1. The molecule has 0 saturated carbocycles. The second-order valence-electron chi connectivity index (χ2n) is 8.82. The number of nitrogens with two attached hydrogens (primary N) is 1. The number of alkyl halides is 3. The standard InChI is InChI=1S/C26H22F4N6O2/c1-25(2,38)14-10-20(31)22(32-13-14)23(34-15-6-4-3-5-7-15)35-24(37)17-11-16(21-8-9-33-36-21)18(12-19(17)27)26(28,29)30/h3-13,38H,31H2,1-2H3,(H,33,36)(H,34,35,37). The molecule has 0 aliphatic heterocycles. The topological polar surface area (TPSA) is 129 Å². The number of nitrogen functional groups attached to an aromatic ring is 1. The van der Waals surface area contributed by atoms with E-state index in [1.54, 1.807) is 30.3 Å². The molecule has 1 amide bonds. The molecule has 0 bridgehead atoms. The van der Waals surface area contributed by atoms with Crippen LogP contribution < -0.4 is 11.1 Å². The van der Waals surface area contributed by atoms with E-state index in [2.05, 4.69) is 25.5 Å². The van der Waals surface area contributed by atoms with Crippen LogP contribution in [0, 0.1) is 5.82 Å². The highest BCUT2D eigenvalue weighted by molar-refractivity contribution is 6.14. The van der Waals surface area contributed by atoms with Crippen molar-refractivity contribution in [3.05, 3.63) is 95.2 Å². The van der Waals surface area contributed by atoms with Gasteiger partial charge in [-0.2, -0.15) is 18.3 Å². The fraction of sp³-hybridized carbons (Fsp3) is 0.154. The molecule has 4 rings (SSSR count). The molecule has 0 radical (unpaired) electrons. The molecule has 0 fully saturated rings. The van der Waals surface area contributed by atoms with Gasteiger partial charge in [0.15, 0.2) is 5.84 Å². The number of amides is 1. The molecule has 5 N–H and O–H groups in total. The first-order valence-corrected chi connectivity index (χ1v) is 11.2. The van der Waals surface area contributed by atoms with Crippen molar-refractivity contribution in [2.75, 3.05) is 5.73 Å². The van der Waals surface area contributed by atoms with Crippen molar-refractivity contribution in [3.8, 4) is 11.3 Å². The summed E-state index contributed by atoms with van der Waals surface area (Å²) in [5.41, 5.74) is 3.27. The number of aromatic nitrogens is 3. The molecule has 12 heteroatoms. The van der Waals surface area contributed by atoms with Crippen molar-refractivity contribution in [1.29, 1.82) is 0 Å². The van der Waals surface area contributed by atoms with Gasteiger partial charge in [-0.15, -0.1) is 0 Å². The normalized spacial score (nSPS) is 12.4. The van der Waals surface area contributed by atoms with Gasteiger partial charge in [-0.05, 0) is 50.2 Å². The number of nitrogens with zero attached hydrogens (tertiary/aromatic N) is 3. The van der Waals surface area contributed by atoms with Crippen molar-refractivity contribution in [3.63, 3.8) is 0 Å². The Morgan fingerprint density at radius 1 is 1.11 bits per heavy atom. The van der Waals surface area contributed by atoms with Gasteiger partial charge in [-0.3, -0.25) is 14.9 Å². The van der Waals surface area contributed by atoms with Crippen LogP contribution in [0.2, 0.25) is 0 Å². The Kier molecular flexibility index (Phi) is 7.01. The quantitative estimate of drug-likeness (QED) is 0.166. The zero-order chi connectivity index (χ0) is 27.7. The van der Waals surface area contributed by atoms with Gasteiger partial charge < -0.3 is 16.2 Å². The van der Waals surface area contributed by atoms with E-state index in [1.165, 1.54) is 38.4 Å². The molecule has 196 valence electrons. The molecule has 0 unspecified atom stereocenters. The Morgan fingerprint density at radius 3 is 2.39 bits per heavy atom. The highest BCUT2D eigenvalue weighted by Gasteiger charge is 2.36. The van der Waals surface area contributed by atoms with Crippen molar-refractivity contribution in [2.24, 2.45) is 4.99 Å². The largest absolute Gasteiger partial charge is 0.417 e. The number of amidine groups is 1. The maximum atomic E-state index is 14.9. The first-order chi connectivity index (χ1) is 17.8. The second kappa shape index (κ2) is 10.1. The van der Waals surface area contributed by atoms with Gasteiger partial charge in [0, 0.05) is 23.5 Å². The minimum atomic E-state index is -4.89. The minimum absolute atomic E-state index is 0.0105. The van der Waals surface area contributed by atoms with E-state index in [0.717, 1.165) is 6.07 Å². The number of hydrogen-bond acceptors (Lipinski definition) is 6.